The summed E-state index contributed by atoms with van der Waals surface area (Å²) in [5, 5.41) is 6.30. The van der Waals surface area contributed by atoms with Gasteiger partial charge in [-0.05, 0) is 80.1 Å². The van der Waals surface area contributed by atoms with E-state index in [0.29, 0.717) is 46.0 Å². The van der Waals surface area contributed by atoms with Gasteiger partial charge in [0, 0.05) is 15.7 Å². The molecule has 2 amide bonds. The predicted molar refractivity (Wildman–Crippen MR) is 143 cm³/mol. The van der Waals surface area contributed by atoms with Gasteiger partial charge in [-0.2, -0.15) is 5.10 Å². The zero-order chi connectivity index (χ0) is 26.6. The van der Waals surface area contributed by atoms with E-state index in [1.807, 2.05) is 13.8 Å². The molecule has 0 fully saturated rings. The number of amides is 2. The highest BCUT2D eigenvalue weighted by atomic mass is 79.9. The van der Waals surface area contributed by atoms with Crippen LogP contribution >= 0.6 is 15.9 Å². The van der Waals surface area contributed by atoms with Crippen molar-refractivity contribution < 1.29 is 28.6 Å². The van der Waals surface area contributed by atoms with Crippen LogP contribution in [0.5, 0.6) is 17.2 Å². The third-order valence-corrected chi connectivity index (χ3v) is 5.23. The standard InChI is InChI=1S/C27H26BrN3O6/c1-3-15-36-23-10-5-18(6-11-23)27(34)37-24-14-7-20(28)16-19(24)17-29-31-26(33)25(32)30-21-8-12-22(13-9-21)35-4-2/h5-14,16-17H,3-4,15H2,1-2H3,(H,30,32)(H,31,33)/b29-17+. The van der Waals surface area contributed by atoms with Gasteiger partial charge in [-0.15, -0.1) is 0 Å². The Labute approximate surface area is 222 Å². The minimum Gasteiger partial charge on any atom is -0.494 e. The van der Waals surface area contributed by atoms with Crippen LogP contribution in [0.3, 0.4) is 0 Å². The molecule has 3 aromatic rings. The highest BCUT2D eigenvalue weighted by Crippen LogP contribution is 2.23. The van der Waals surface area contributed by atoms with Crippen LogP contribution in [0.1, 0.15) is 36.2 Å². The van der Waals surface area contributed by atoms with E-state index in [0.717, 1.165) is 6.42 Å². The number of carbonyl (C=O) groups is 3. The van der Waals surface area contributed by atoms with E-state index in [9.17, 15) is 14.4 Å². The number of rotatable bonds is 10. The van der Waals surface area contributed by atoms with Crippen molar-refractivity contribution in [2.24, 2.45) is 5.10 Å². The fourth-order valence-corrected chi connectivity index (χ4v) is 3.36. The zero-order valence-electron chi connectivity index (χ0n) is 20.3. The maximum absolute atomic E-state index is 12.6. The van der Waals surface area contributed by atoms with Crippen LogP contribution in [0.4, 0.5) is 5.69 Å². The van der Waals surface area contributed by atoms with Gasteiger partial charge in [-0.25, -0.2) is 10.2 Å². The lowest BCUT2D eigenvalue weighted by Crippen LogP contribution is -2.32. The molecular formula is C27H26BrN3O6. The number of carbonyl (C=O) groups excluding carboxylic acids is 3. The molecular weight excluding hydrogens is 542 g/mol. The van der Waals surface area contributed by atoms with Crippen LogP contribution in [-0.4, -0.2) is 37.2 Å². The summed E-state index contributed by atoms with van der Waals surface area (Å²) < 4.78 is 17.1. The number of halogens is 1. The lowest BCUT2D eigenvalue weighted by atomic mass is 10.2. The highest BCUT2D eigenvalue weighted by Gasteiger charge is 2.14. The molecule has 0 saturated carbocycles. The summed E-state index contributed by atoms with van der Waals surface area (Å²) in [5.41, 5.74) is 3.33. The van der Waals surface area contributed by atoms with Crippen LogP contribution in [0, 0.1) is 0 Å². The number of nitrogens with one attached hydrogen (secondary N) is 2. The Balaban J connectivity index is 1.60. The summed E-state index contributed by atoms with van der Waals surface area (Å²) in [6.07, 6.45) is 2.16. The van der Waals surface area contributed by atoms with E-state index in [2.05, 4.69) is 31.8 Å². The Kier molecular flexibility index (Phi) is 10.2. The molecule has 0 aliphatic rings. The molecule has 0 bridgehead atoms. The summed E-state index contributed by atoms with van der Waals surface area (Å²) >= 11 is 3.36. The molecule has 10 heteroatoms. The number of anilines is 1. The summed E-state index contributed by atoms with van der Waals surface area (Å²) in [5.74, 6) is -0.901. The quantitative estimate of drug-likeness (QED) is 0.118. The van der Waals surface area contributed by atoms with Crippen molar-refractivity contribution in [1.82, 2.24) is 5.43 Å². The molecule has 3 aromatic carbocycles. The maximum atomic E-state index is 12.6. The second-order valence-corrected chi connectivity index (χ2v) is 8.47. The van der Waals surface area contributed by atoms with Gasteiger partial charge in [-0.1, -0.05) is 22.9 Å². The molecule has 0 aromatic heterocycles. The second-order valence-electron chi connectivity index (χ2n) is 7.56. The van der Waals surface area contributed by atoms with E-state index in [-0.39, 0.29) is 5.75 Å². The highest BCUT2D eigenvalue weighted by molar-refractivity contribution is 9.10. The summed E-state index contributed by atoms with van der Waals surface area (Å²) in [6.45, 7) is 4.98. The average molecular weight is 568 g/mol. The van der Waals surface area contributed by atoms with Crippen LogP contribution < -0.4 is 25.0 Å². The Morgan fingerprint density at radius 3 is 2.24 bits per heavy atom. The Morgan fingerprint density at radius 2 is 1.57 bits per heavy atom. The Morgan fingerprint density at radius 1 is 0.892 bits per heavy atom. The van der Waals surface area contributed by atoms with Crippen molar-refractivity contribution in [3.8, 4) is 17.2 Å². The third kappa shape index (κ3) is 8.46. The van der Waals surface area contributed by atoms with Crippen molar-refractivity contribution in [1.29, 1.82) is 0 Å². The van der Waals surface area contributed by atoms with Gasteiger partial charge in [0.25, 0.3) is 0 Å². The minimum atomic E-state index is -0.968. The number of nitrogens with zero attached hydrogens (tertiary/aromatic N) is 1. The lowest BCUT2D eigenvalue weighted by molar-refractivity contribution is -0.136. The molecule has 3 rings (SSSR count). The lowest BCUT2D eigenvalue weighted by Gasteiger charge is -2.09. The van der Waals surface area contributed by atoms with Crippen molar-refractivity contribution in [3.05, 3.63) is 82.3 Å². The zero-order valence-corrected chi connectivity index (χ0v) is 21.9. The molecule has 0 spiro atoms. The van der Waals surface area contributed by atoms with Crippen molar-refractivity contribution in [2.75, 3.05) is 18.5 Å². The van der Waals surface area contributed by atoms with E-state index >= 15 is 0 Å². The van der Waals surface area contributed by atoms with E-state index in [4.69, 9.17) is 14.2 Å². The molecule has 0 aliphatic carbocycles. The first-order valence-corrected chi connectivity index (χ1v) is 12.3. The number of hydrogen-bond donors (Lipinski definition) is 2. The normalized spacial score (nSPS) is 10.6. The van der Waals surface area contributed by atoms with Gasteiger partial charge in [0.05, 0.1) is 25.0 Å². The predicted octanol–water partition coefficient (Wildman–Crippen LogP) is 4.94. The molecule has 0 heterocycles. The molecule has 0 radical (unpaired) electrons. The smallest absolute Gasteiger partial charge is 0.343 e. The number of esters is 1. The molecule has 37 heavy (non-hydrogen) atoms. The molecule has 0 aliphatic heterocycles. The first-order chi connectivity index (χ1) is 17.9. The van der Waals surface area contributed by atoms with Gasteiger partial charge in [0.2, 0.25) is 0 Å². The molecule has 2 N–H and O–H groups in total. The van der Waals surface area contributed by atoms with E-state index < -0.39 is 17.8 Å². The first-order valence-electron chi connectivity index (χ1n) is 11.5. The molecule has 9 nitrogen and oxygen atoms in total. The molecule has 0 saturated heterocycles. The fourth-order valence-electron chi connectivity index (χ4n) is 2.98. The molecule has 192 valence electrons. The number of ether oxygens (including phenoxy) is 3. The number of hydrogen-bond acceptors (Lipinski definition) is 7. The Bertz CT molecular complexity index is 1260. The van der Waals surface area contributed by atoms with Gasteiger partial charge in [0.15, 0.2) is 0 Å². The average Bonchev–Trinajstić information content (AvgIpc) is 2.90. The fraction of sp³-hybridized carbons (Fsp3) is 0.185. The maximum Gasteiger partial charge on any atom is 0.343 e. The third-order valence-electron chi connectivity index (χ3n) is 4.74. The van der Waals surface area contributed by atoms with Crippen LogP contribution in [0.15, 0.2) is 76.3 Å². The van der Waals surface area contributed by atoms with Gasteiger partial charge < -0.3 is 19.5 Å². The SMILES string of the molecule is CCCOc1ccc(C(=O)Oc2ccc(Br)cc2/C=N/NC(=O)C(=O)Nc2ccc(OCC)cc2)cc1. The van der Waals surface area contributed by atoms with Crippen molar-refractivity contribution in [3.63, 3.8) is 0 Å². The number of hydrazone groups is 1. The largest absolute Gasteiger partial charge is 0.494 e. The van der Waals surface area contributed by atoms with E-state index in [1.54, 1.807) is 66.7 Å². The topological polar surface area (TPSA) is 115 Å². The number of benzene rings is 3. The second kappa shape index (κ2) is 13.8. The van der Waals surface area contributed by atoms with Crippen molar-refractivity contribution >= 4 is 45.6 Å². The first kappa shape index (κ1) is 27.4. The molecule has 0 unspecified atom stereocenters. The van der Waals surface area contributed by atoms with Crippen LogP contribution in [0.2, 0.25) is 0 Å². The summed E-state index contributed by atoms with van der Waals surface area (Å²) in [7, 11) is 0. The van der Waals surface area contributed by atoms with Gasteiger partial charge >= 0.3 is 17.8 Å². The van der Waals surface area contributed by atoms with Gasteiger partial charge in [0.1, 0.15) is 17.2 Å². The Hall–Kier alpha value is -4.18. The minimum absolute atomic E-state index is 0.219. The van der Waals surface area contributed by atoms with E-state index in [1.165, 1.54) is 6.21 Å². The monoisotopic (exact) mass is 567 g/mol. The van der Waals surface area contributed by atoms with Crippen molar-refractivity contribution in [2.45, 2.75) is 20.3 Å². The summed E-state index contributed by atoms with van der Waals surface area (Å²) in [4.78, 5) is 36.9. The van der Waals surface area contributed by atoms with Gasteiger partial charge in [-0.3, -0.25) is 9.59 Å². The summed E-state index contributed by atoms with van der Waals surface area (Å²) in [6, 6.07) is 18.2. The van der Waals surface area contributed by atoms with Crippen LogP contribution in [0.25, 0.3) is 0 Å². The van der Waals surface area contributed by atoms with Crippen LogP contribution in [-0.2, 0) is 9.59 Å². The molecule has 0 atom stereocenters.